The molecule has 0 radical (unpaired) electrons. The normalized spacial score (nSPS) is 10.2. The maximum atomic E-state index is 11.9. The summed E-state index contributed by atoms with van der Waals surface area (Å²) in [6.07, 6.45) is 0. The molecular weight excluding hydrogens is 324 g/mol. The highest BCUT2D eigenvalue weighted by Crippen LogP contribution is 2.17. The van der Waals surface area contributed by atoms with E-state index in [4.69, 9.17) is 0 Å². The molecule has 0 fully saturated rings. The molecule has 0 aliphatic rings. The molecular formula is C13H13BrN4O2. The Balaban J connectivity index is 1.98. The van der Waals surface area contributed by atoms with Crippen LogP contribution >= 0.6 is 15.9 Å². The van der Waals surface area contributed by atoms with E-state index in [1.165, 1.54) is 0 Å². The number of hydrazine groups is 1. The lowest BCUT2D eigenvalue weighted by molar-refractivity contribution is 0.0844. The van der Waals surface area contributed by atoms with Gasteiger partial charge >= 0.3 is 0 Å². The van der Waals surface area contributed by atoms with Crippen LogP contribution in [-0.4, -0.2) is 22.0 Å². The highest BCUT2D eigenvalue weighted by Gasteiger charge is 2.11. The number of nitrogens with zero attached hydrogens (tertiary/aromatic N) is 1. The van der Waals surface area contributed by atoms with Crippen molar-refractivity contribution < 1.29 is 9.59 Å². The molecule has 1 aromatic carbocycles. The maximum absolute atomic E-state index is 11.9. The van der Waals surface area contributed by atoms with Gasteiger partial charge in [-0.25, -0.2) is 0 Å². The number of amides is 2. The van der Waals surface area contributed by atoms with E-state index in [9.17, 15) is 9.59 Å². The van der Waals surface area contributed by atoms with Crippen LogP contribution in [0.15, 0.2) is 28.7 Å². The summed E-state index contributed by atoms with van der Waals surface area (Å²) in [5, 5.41) is 6.45. The molecule has 1 aromatic heterocycles. The number of aromatic amines is 1. The molecule has 6 nitrogen and oxygen atoms in total. The number of H-pyrrole nitrogens is 1. The Kier molecular flexibility index (Phi) is 4.19. The van der Waals surface area contributed by atoms with Gasteiger partial charge in [-0.1, -0.05) is 22.0 Å². The molecule has 1 heterocycles. The van der Waals surface area contributed by atoms with Crippen LogP contribution in [0.2, 0.25) is 0 Å². The first-order valence-electron chi connectivity index (χ1n) is 5.86. The molecule has 104 valence electrons. The predicted molar refractivity (Wildman–Crippen MR) is 77.1 cm³/mol. The second-order valence-electron chi connectivity index (χ2n) is 4.31. The Morgan fingerprint density at radius 2 is 1.85 bits per heavy atom. The van der Waals surface area contributed by atoms with Crippen molar-refractivity contribution in [2.24, 2.45) is 0 Å². The van der Waals surface area contributed by atoms with E-state index in [1.54, 1.807) is 25.1 Å². The summed E-state index contributed by atoms with van der Waals surface area (Å²) in [4.78, 5) is 23.6. The summed E-state index contributed by atoms with van der Waals surface area (Å²) < 4.78 is 0.833. The number of carbonyl (C=O) groups excluding carboxylic acids is 2. The Morgan fingerprint density at radius 3 is 2.45 bits per heavy atom. The summed E-state index contributed by atoms with van der Waals surface area (Å²) in [7, 11) is 0. The van der Waals surface area contributed by atoms with Gasteiger partial charge in [-0.3, -0.25) is 25.5 Å². The van der Waals surface area contributed by atoms with Crippen molar-refractivity contribution in [3.05, 3.63) is 51.3 Å². The number of carbonyl (C=O) groups is 2. The number of hydrogen-bond donors (Lipinski definition) is 3. The average molecular weight is 337 g/mol. The van der Waals surface area contributed by atoms with Gasteiger partial charge in [-0.05, 0) is 37.6 Å². The lowest BCUT2D eigenvalue weighted by atomic mass is 10.1. The van der Waals surface area contributed by atoms with Crippen molar-refractivity contribution in [2.45, 2.75) is 13.8 Å². The first kappa shape index (κ1) is 14.3. The third kappa shape index (κ3) is 3.24. The van der Waals surface area contributed by atoms with Crippen LogP contribution in [0.25, 0.3) is 0 Å². The minimum absolute atomic E-state index is 0.216. The summed E-state index contributed by atoms with van der Waals surface area (Å²) in [6, 6.07) is 6.78. The van der Waals surface area contributed by atoms with E-state index in [1.807, 2.05) is 13.0 Å². The average Bonchev–Trinajstić information content (AvgIpc) is 2.85. The zero-order valence-corrected chi connectivity index (χ0v) is 12.5. The van der Waals surface area contributed by atoms with Crippen LogP contribution in [0.4, 0.5) is 0 Å². The predicted octanol–water partition coefficient (Wildman–Crippen LogP) is 1.86. The van der Waals surface area contributed by atoms with E-state index in [2.05, 4.69) is 37.0 Å². The highest BCUT2D eigenvalue weighted by atomic mass is 79.9. The molecule has 2 amide bonds. The fraction of sp³-hybridized carbons (Fsp3) is 0.154. The second-order valence-corrected chi connectivity index (χ2v) is 5.16. The van der Waals surface area contributed by atoms with Gasteiger partial charge in [0.25, 0.3) is 11.8 Å². The fourth-order valence-corrected chi connectivity index (χ4v) is 1.90. The van der Waals surface area contributed by atoms with Gasteiger partial charge in [0.05, 0.1) is 0 Å². The van der Waals surface area contributed by atoms with Gasteiger partial charge in [0, 0.05) is 15.7 Å². The summed E-state index contributed by atoms with van der Waals surface area (Å²) in [6.45, 7) is 3.71. The molecule has 0 saturated carbocycles. The quantitative estimate of drug-likeness (QED) is 0.731. The SMILES string of the molecule is Cc1cc(C(=O)NNC(=O)c2ccc(C)c(Br)c2)n[nH]1. The van der Waals surface area contributed by atoms with Crippen molar-refractivity contribution in [3.8, 4) is 0 Å². The largest absolute Gasteiger partial charge is 0.290 e. The summed E-state index contributed by atoms with van der Waals surface area (Å²) in [5.41, 5.74) is 7.10. The molecule has 2 aromatic rings. The number of nitrogens with one attached hydrogen (secondary N) is 3. The molecule has 0 spiro atoms. The zero-order valence-electron chi connectivity index (χ0n) is 11.0. The molecule has 0 atom stereocenters. The van der Waals surface area contributed by atoms with Gasteiger partial charge in [-0.15, -0.1) is 0 Å². The number of benzene rings is 1. The first-order valence-corrected chi connectivity index (χ1v) is 6.65. The van der Waals surface area contributed by atoms with E-state index in [0.717, 1.165) is 15.7 Å². The molecule has 0 bridgehead atoms. The number of halogens is 1. The van der Waals surface area contributed by atoms with Gasteiger partial charge in [-0.2, -0.15) is 5.10 Å². The van der Waals surface area contributed by atoms with Gasteiger partial charge in [0.1, 0.15) is 0 Å². The lowest BCUT2D eigenvalue weighted by Crippen LogP contribution is -2.41. The van der Waals surface area contributed by atoms with Crippen LogP contribution < -0.4 is 10.9 Å². The van der Waals surface area contributed by atoms with Crippen molar-refractivity contribution >= 4 is 27.7 Å². The minimum atomic E-state index is -0.478. The molecule has 0 aliphatic carbocycles. The van der Waals surface area contributed by atoms with Crippen LogP contribution in [-0.2, 0) is 0 Å². The molecule has 0 saturated heterocycles. The Morgan fingerprint density at radius 1 is 1.15 bits per heavy atom. The molecule has 2 rings (SSSR count). The van der Waals surface area contributed by atoms with Gasteiger partial charge in [0.2, 0.25) is 0 Å². The third-order valence-electron chi connectivity index (χ3n) is 2.66. The van der Waals surface area contributed by atoms with E-state index >= 15 is 0 Å². The van der Waals surface area contributed by atoms with Gasteiger partial charge < -0.3 is 0 Å². The van der Waals surface area contributed by atoms with E-state index < -0.39 is 11.8 Å². The summed E-state index contributed by atoms with van der Waals surface area (Å²) >= 11 is 3.35. The zero-order chi connectivity index (χ0) is 14.7. The van der Waals surface area contributed by atoms with Crippen molar-refractivity contribution in [3.63, 3.8) is 0 Å². The van der Waals surface area contributed by atoms with Crippen molar-refractivity contribution in [1.82, 2.24) is 21.0 Å². The van der Waals surface area contributed by atoms with Gasteiger partial charge in [0.15, 0.2) is 5.69 Å². The minimum Gasteiger partial charge on any atom is -0.282 e. The lowest BCUT2D eigenvalue weighted by Gasteiger charge is -2.07. The number of aryl methyl sites for hydroxylation is 2. The Bertz CT molecular complexity index is 666. The van der Waals surface area contributed by atoms with Crippen molar-refractivity contribution in [2.75, 3.05) is 0 Å². The second kappa shape index (κ2) is 5.87. The van der Waals surface area contributed by atoms with E-state index in [0.29, 0.717) is 5.56 Å². The highest BCUT2D eigenvalue weighted by molar-refractivity contribution is 9.10. The van der Waals surface area contributed by atoms with Crippen LogP contribution in [0.1, 0.15) is 32.1 Å². The molecule has 20 heavy (non-hydrogen) atoms. The molecule has 7 heteroatoms. The Hall–Kier alpha value is -2.15. The first-order chi connectivity index (χ1) is 9.47. The maximum Gasteiger partial charge on any atom is 0.290 e. The van der Waals surface area contributed by atoms with Crippen LogP contribution in [0.3, 0.4) is 0 Å². The standard InChI is InChI=1S/C13H13BrN4O2/c1-7-3-4-9(6-10(7)14)12(19)17-18-13(20)11-5-8(2)15-16-11/h3-6H,1-2H3,(H,15,16)(H,17,19)(H,18,20). The third-order valence-corrected chi connectivity index (χ3v) is 3.52. The van der Waals surface area contributed by atoms with Crippen LogP contribution in [0.5, 0.6) is 0 Å². The van der Waals surface area contributed by atoms with Crippen LogP contribution in [0, 0.1) is 13.8 Å². The fourth-order valence-electron chi connectivity index (χ4n) is 1.52. The molecule has 3 N–H and O–H groups in total. The van der Waals surface area contributed by atoms with Crippen molar-refractivity contribution in [1.29, 1.82) is 0 Å². The smallest absolute Gasteiger partial charge is 0.282 e. The number of aromatic nitrogens is 2. The molecule has 0 aliphatic heterocycles. The molecule has 0 unspecified atom stereocenters. The monoisotopic (exact) mass is 336 g/mol. The Labute approximate surface area is 124 Å². The number of rotatable bonds is 2. The van der Waals surface area contributed by atoms with E-state index in [-0.39, 0.29) is 5.69 Å². The topological polar surface area (TPSA) is 86.9 Å². The number of hydrogen-bond acceptors (Lipinski definition) is 3. The summed E-state index contributed by atoms with van der Waals surface area (Å²) in [5.74, 6) is -0.875.